The summed E-state index contributed by atoms with van der Waals surface area (Å²) in [4.78, 5) is 17.9. The molecule has 21 heavy (non-hydrogen) atoms. The van der Waals surface area contributed by atoms with Crippen LogP contribution in [0.15, 0.2) is 0 Å². The lowest BCUT2D eigenvalue weighted by Crippen LogP contribution is -2.46. The van der Waals surface area contributed by atoms with Crippen LogP contribution in [0.5, 0.6) is 0 Å². The van der Waals surface area contributed by atoms with Gasteiger partial charge < -0.3 is 9.80 Å². The van der Waals surface area contributed by atoms with E-state index < -0.39 is 0 Å². The fourth-order valence-corrected chi connectivity index (χ4v) is 4.29. The van der Waals surface area contributed by atoms with Crippen LogP contribution in [0.4, 0.5) is 0 Å². The number of hydrogen-bond donors (Lipinski definition) is 0. The zero-order valence-electron chi connectivity index (χ0n) is 13.0. The van der Waals surface area contributed by atoms with Gasteiger partial charge in [-0.2, -0.15) is 11.8 Å². The number of carbonyl (C=O) groups excluding carboxylic acids is 1. The normalized spacial score (nSPS) is 19.8. The van der Waals surface area contributed by atoms with E-state index in [1.165, 1.54) is 11.5 Å². The lowest BCUT2D eigenvalue weighted by Gasteiger charge is -2.31. The van der Waals surface area contributed by atoms with Crippen LogP contribution in [-0.4, -0.2) is 70.0 Å². The minimum Gasteiger partial charge on any atom is -0.333 e. The molecule has 118 valence electrons. The van der Waals surface area contributed by atoms with Gasteiger partial charge >= 0.3 is 0 Å². The van der Waals surface area contributed by atoms with Gasteiger partial charge in [0.15, 0.2) is 0 Å². The summed E-state index contributed by atoms with van der Waals surface area (Å²) < 4.78 is 3.99. The molecule has 0 N–H and O–H groups in total. The Morgan fingerprint density at radius 3 is 3.00 bits per heavy atom. The summed E-state index contributed by atoms with van der Waals surface area (Å²) >= 11 is 3.20. The third-order valence-corrected chi connectivity index (χ3v) is 5.47. The van der Waals surface area contributed by atoms with Gasteiger partial charge in [0.1, 0.15) is 4.88 Å². The molecule has 0 bridgehead atoms. The van der Waals surface area contributed by atoms with Crippen LogP contribution in [0.25, 0.3) is 0 Å². The van der Waals surface area contributed by atoms with Gasteiger partial charge in [0.25, 0.3) is 5.91 Å². The predicted octanol–water partition coefficient (Wildman–Crippen LogP) is 2.00. The van der Waals surface area contributed by atoms with Crippen LogP contribution in [0.1, 0.15) is 35.1 Å². The van der Waals surface area contributed by atoms with E-state index in [0.717, 1.165) is 54.4 Å². The highest BCUT2D eigenvalue weighted by Crippen LogP contribution is 2.22. The molecule has 1 aromatic heterocycles. The standard InChI is InChI=1S/C14H24N4OS2/c1-4-6-12-13(21-16-15-12)14(19)18-7-5-8-20-10-11(18)9-17(2)3/h11H,4-10H2,1-3H3. The molecule has 7 heteroatoms. The maximum atomic E-state index is 12.9. The molecule has 2 rings (SSSR count). The Bertz CT molecular complexity index is 464. The van der Waals surface area contributed by atoms with Gasteiger partial charge in [0.2, 0.25) is 0 Å². The predicted molar refractivity (Wildman–Crippen MR) is 89.2 cm³/mol. The van der Waals surface area contributed by atoms with Crippen LogP contribution < -0.4 is 0 Å². The molecule has 0 spiro atoms. The van der Waals surface area contributed by atoms with Crippen LogP contribution in [0.3, 0.4) is 0 Å². The van der Waals surface area contributed by atoms with Crippen molar-refractivity contribution >= 4 is 29.2 Å². The Morgan fingerprint density at radius 2 is 2.29 bits per heavy atom. The van der Waals surface area contributed by atoms with Crippen molar-refractivity contribution in [2.75, 3.05) is 38.7 Å². The number of aromatic nitrogens is 2. The molecule has 1 atom stereocenters. The minimum atomic E-state index is 0.128. The second-order valence-corrected chi connectivity index (χ2v) is 7.55. The number of hydrogen-bond acceptors (Lipinski definition) is 6. The second kappa shape index (κ2) is 8.10. The van der Waals surface area contributed by atoms with Gasteiger partial charge in [-0.1, -0.05) is 17.8 Å². The van der Waals surface area contributed by atoms with Crippen molar-refractivity contribution in [3.05, 3.63) is 10.6 Å². The molecule has 1 saturated heterocycles. The number of thioether (sulfide) groups is 1. The van der Waals surface area contributed by atoms with Crippen molar-refractivity contribution in [3.63, 3.8) is 0 Å². The summed E-state index contributed by atoms with van der Waals surface area (Å²) in [6.07, 6.45) is 2.89. The summed E-state index contributed by atoms with van der Waals surface area (Å²) in [7, 11) is 4.13. The number of rotatable bonds is 5. The molecule has 0 radical (unpaired) electrons. The Labute approximate surface area is 135 Å². The van der Waals surface area contributed by atoms with Gasteiger partial charge in [-0.15, -0.1) is 5.10 Å². The second-order valence-electron chi connectivity index (χ2n) is 5.64. The average molecular weight is 329 g/mol. The molecule has 0 aliphatic carbocycles. The molecule has 1 aliphatic rings. The fraction of sp³-hybridized carbons (Fsp3) is 0.786. The summed E-state index contributed by atoms with van der Waals surface area (Å²) in [5.74, 6) is 2.28. The van der Waals surface area contributed by atoms with E-state index >= 15 is 0 Å². The highest BCUT2D eigenvalue weighted by molar-refractivity contribution is 7.99. The largest absolute Gasteiger partial charge is 0.333 e. The van der Waals surface area contributed by atoms with Gasteiger partial charge in [0, 0.05) is 18.8 Å². The Morgan fingerprint density at radius 1 is 1.48 bits per heavy atom. The molecule has 0 saturated carbocycles. The molecule has 1 unspecified atom stereocenters. The number of carbonyl (C=O) groups is 1. The zero-order chi connectivity index (χ0) is 15.2. The first-order valence-corrected chi connectivity index (χ1v) is 9.41. The number of amides is 1. The molecule has 5 nitrogen and oxygen atoms in total. The molecule has 0 aromatic carbocycles. The first-order chi connectivity index (χ1) is 10.1. The van der Waals surface area contributed by atoms with Crippen molar-refractivity contribution in [3.8, 4) is 0 Å². The first-order valence-electron chi connectivity index (χ1n) is 7.48. The SMILES string of the molecule is CCCc1nnsc1C(=O)N1CCCSCC1CN(C)C. The number of aryl methyl sites for hydroxylation is 1. The maximum Gasteiger partial charge on any atom is 0.267 e. The van der Waals surface area contributed by atoms with E-state index in [1.54, 1.807) is 0 Å². The monoisotopic (exact) mass is 328 g/mol. The van der Waals surface area contributed by atoms with Gasteiger partial charge in [-0.25, -0.2) is 0 Å². The lowest BCUT2D eigenvalue weighted by atomic mass is 10.2. The van der Waals surface area contributed by atoms with Gasteiger partial charge in [-0.05, 0) is 44.2 Å². The van der Waals surface area contributed by atoms with Crippen LogP contribution in [0, 0.1) is 0 Å². The highest BCUT2D eigenvalue weighted by atomic mass is 32.2. The molecule has 1 aromatic rings. The Balaban J connectivity index is 2.18. The van der Waals surface area contributed by atoms with E-state index in [4.69, 9.17) is 0 Å². The number of nitrogens with zero attached hydrogens (tertiary/aromatic N) is 4. The van der Waals surface area contributed by atoms with Crippen molar-refractivity contribution in [1.29, 1.82) is 0 Å². The molecular weight excluding hydrogens is 304 g/mol. The van der Waals surface area contributed by atoms with E-state index in [9.17, 15) is 4.79 Å². The van der Waals surface area contributed by atoms with Crippen LogP contribution >= 0.6 is 23.3 Å². The van der Waals surface area contributed by atoms with Crippen LogP contribution in [-0.2, 0) is 6.42 Å². The molecule has 1 fully saturated rings. The third kappa shape index (κ3) is 4.40. The van der Waals surface area contributed by atoms with E-state index in [0.29, 0.717) is 0 Å². The van der Waals surface area contributed by atoms with E-state index in [-0.39, 0.29) is 11.9 Å². The molecule has 1 aliphatic heterocycles. The van der Waals surface area contributed by atoms with E-state index in [1.807, 2.05) is 16.7 Å². The lowest BCUT2D eigenvalue weighted by molar-refractivity contribution is 0.0679. The van der Waals surface area contributed by atoms with Gasteiger partial charge in [-0.3, -0.25) is 4.79 Å². The average Bonchev–Trinajstić information content (AvgIpc) is 2.77. The third-order valence-electron chi connectivity index (χ3n) is 3.51. The number of likely N-dealkylation sites (N-methyl/N-ethyl adjacent to an activating group) is 1. The summed E-state index contributed by atoms with van der Waals surface area (Å²) in [5, 5.41) is 4.14. The summed E-state index contributed by atoms with van der Waals surface area (Å²) in [6.45, 7) is 3.85. The zero-order valence-corrected chi connectivity index (χ0v) is 14.7. The Hall–Kier alpha value is -0.660. The molecule has 1 amide bonds. The minimum absolute atomic E-state index is 0.128. The summed E-state index contributed by atoms with van der Waals surface area (Å²) in [6, 6.07) is 0.275. The van der Waals surface area contributed by atoms with Crippen molar-refractivity contribution in [1.82, 2.24) is 19.4 Å². The van der Waals surface area contributed by atoms with E-state index in [2.05, 4.69) is 35.5 Å². The highest BCUT2D eigenvalue weighted by Gasteiger charge is 2.29. The smallest absolute Gasteiger partial charge is 0.267 e. The van der Waals surface area contributed by atoms with Crippen molar-refractivity contribution in [2.45, 2.75) is 32.2 Å². The topological polar surface area (TPSA) is 49.3 Å². The summed E-state index contributed by atoms with van der Waals surface area (Å²) in [5.41, 5.74) is 0.869. The quantitative estimate of drug-likeness (QED) is 0.827. The maximum absolute atomic E-state index is 12.9. The van der Waals surface area contributed by atoms with Crippen molar-refractivity contribution < 1.29 is 4.79 Å². The van der Waals surface area contributed by atoms with Crippen LogP contribution in [0.2, 0.25) is 0 Å². The molecule has 2 heterocycles. The first kappa shape index (κ1) is 16.7. The van der Waals surface area contributed by atoms with Crippen molar-refractivity contribution in [2.24, 2.45) is 0 Å². The fourth-order valence-electron chi connectivity index (χ4n) is 2.57. The van der Waals surface area contributed by atoms with Gasteiger partial charge in [0.05, 0.1) is 11.7 Å². The Kier molecular flexibility index (Phi) is 6.44. The molecular formula is C14H24N4OS2.